The molecule has 1 aliphatic heterocycles. The van der Waals surface area contributed by atoms with Gasteiger partial charge in [-0.15, -0.1) is 0 Å². The maximum Gasteiger partial charge on any atom is 0.326 e. The summed E-state index contributed by atoms with van der Waals surface area (Å²) in [5, 5.41) is 9.14. The Bertz CT molecular complexity index is 472. The van der Waals surface area contributed by atoms with Crippen molar-refractivity contribution in [3.8, 4) is 0 Å². The molecule has 0 bridgehead atoms. The Morgan fingerprint density at radius 2 is 1.94 bits per heavy atom. The van der Waals surface area contributed by atoms with Crippen molar-refractivity contribution in [2.45, 2.75) is 19.4 Å². The first-order valence-electron chi connectivity index (χ1n) is 5.80. The van der Waals surface area contributed by atoms with Gasteiger partial charge in [0.15, 0.2) is 0 Å². The van der Waals surface area contributed by atoms with Crippen LogP contribution < -0.4 is 0 Å². The molecular weight excluding hydrogens is 237 g/mol. The number of carboxylic acid groups (broad SMARTS) is 1. The normalized spacial score (nSPS) is 23.1. The third-order valence-corrected chi connectivity index (χ3v) is 3.31. The molecule has 1 aromatic carbocycles. The first-order valence-corrected chi connectivity index (χ1v) is 5.80. The van der Waals surface area contributed by atoms with E-state index in [1.165, 1.54) is 29.2 Å². The van der Waals surface area contributed by atoms with E-state index in [0.29, 0.717) is 18.5 Å². The van der Waals surface area contributed by atoms with Gasteiger partial charge in [0.2, 0.25) is 0 Å². The van der Waals surface area contributed by atoms with E-state index in [0.717, 1.165) is 0 Å². The molecular formula is C13H14FNO3. The number of hydrogen-bond acceptors (Lipinski definition) is 2. The molecule has 2 unspecified atom stereocenters. The summed E-state index contributed by atoms with van der Waals surface area (Å²) in [7, 11) is 0. The Hall–Kier alpha value is -1.91. The maximum absolute atomic E-state index is 12.8. The van der Waals surface area contributed by atoms with Crippen LogP contribution in [0.15, 0.2) is 24.3 Å². The highest BCUT2D eigenvalue weighted by Gasteiger charge is 2.39. The lowest BCUT2D eigenvalue weighted by Gasteiger charge is -2.23. The largest absolute Gasteiger partial charge is 0.480 e. The van der Waals surface area contributed by atoms with Crippen LogP contribution in [0.2, 0.25) is 0 Å². The van der Waals surface area contributed by atoms with Gasteiger partial charge in [0.05, 0.1) is 0 Å². The molecule has 1 saturated heterocycles. The standard InChI is InChI=1S/C13H14FNO3/c1-8-6-7-15(11(8)13(17)18)12(16)9-2-4-10(14)5-3-9/h2-5,8,11H,6-7H2,1H3,(H,17,18). The van der Waals surface area contributed by atoms with Crippen molar-refractivity contribution in [2.75, 3.05) is 6.54 Å². The zero-order valence-electron chi connectivity index (χ0n) is 9.97. The molecule has 2 atom stereocenters. The highest BCUT2D eigenvalue weighted by Crippen LogP contribution is 2.25. The number of hydrogen-bond donors (Lipinski definition) is 1. The van der Waals surface area contributed by atoms with Crippen molar-refractivity contribution in [3.63, 3.8) is 0 Å². The van der Waals surface area contributed by atoms with Crippen LogP contribution in [-0.4, -0.2) is 34.5 Å². The summed E-state index contributed by atoms with van der Waals surface area (Å²) in [6.07, 6.45) is 0.671. The molecule has 1 N–H and O–H groups in total. The minimum atomic E-state index is -0.990. The summed E-state index contributed by atoms with van der Waals surface area (Å²) in [5.74, 6) is -1.83. The van der Waals surface area contributed by atoms with E-state index < -0.39 is 17.8 Å². The molecule has 1 amide bonds. The fraction of sp³-hybridized carbons (Fsp3) is 0.385. The van der Waals surface area contributed by atoms with Crippen molar-refractivity contribution in [1.29, 1.82) is 0 Å². The molecule has 96 valence electrons. The number of halogens is 1. The number of carboxylic acids is 1. The molecule has 0 aliphatic carbocycles. The Labute approximate surface area is 104 Å². The Morgan fingerprint density at radius 1 is 1.33 bits per heavy atom. The topological polar surface area (TPSA) is 57.6 Å². The van der Waals surface area contributed by atoms with Crippen molar-refractivity contribution < 1.29 is 19.1 Å². The van der Waals surface area contributed by atoms with Gasteiger partial charge in [-0.2, -0.15) is 0 Å². The highest BCUT2D eigenvalue weighted by molar-refractivity contribution is 5.97. The number of rotatable bonds is 2. The predicted molar refractivity (Wildman–Crippen MR) is 62.6 cm³/mol. The number of amides is 1. The van der Waals surface area contributed by atoms with E-state index in [1.54, 1.807) is 0 Å². The van der Waals surface area contributed by atoms with Crippen LogP contribution in [0.25, 0.3) is 0 Å². The first-order chi connectivity index (χ1) is 8.50. The average molecular weight is 251 g/mol. The van der Waals surface area contributed by atoms with Gasteiger partial charge in [0.25, 0.3) is 5.91 Å². The van der Waals surface area contributed by atoms with Gasteiger partial charge in [0, 0.05) is 12.1 Å². The summed E-state index contributed by atoms with van der Waals surface area (Å²) in [6.45, 7) is 2.24. The lowest BCUT2D eigenvalue weighted by molar-refractivity contribution is -0.142. The summed E-state index contributed by atoms with van der Waals surface area (Å²) in [6, 6.07) is 4.35. The van der Waals surface area contributed by atoms with Gasteiger partial charge < -0.3 is 10.0 Å². The molecule has 5 heteroatoms. The van der Waals surface area contributed by atoms with E-state index in [9.17, 15) is 14.0 Å². The minimum Gasteiger partial charge on any atom is -0.480 e. The molecule has 1 fully saturated rings. The van der Waals surface area contributed by atoms with E-state index in [-0.39, 0.29) is 11.8 Å². The van der Waals surface area contributed by atoms with Crippen molar-refractivity contribution in [1.82, 2.24) is 4.90 Å². The van der Waals surface area contributed by atoms with E-state index in [1.807, 2.05) is 6.92 Å². The fourth-order valence-electron chi connectivity index (χ4n) is 2.31. The predicted octanol–water partition coefficient (Wildman–Crippen LogP) is 1.76. The molecule has 1 aliphatic rings. The summed E-state index contributed by atoms with van der Waals surface area (Å²) in [4.78, 5) is 24.7. The van der Waals surface area contributed by atoms with Gasteiger partial charge in [-0.1, -0.05) is 6.92 Å². The monoisotopic (exact) mass is 251 g/mol. The SMILES string of the molecule is CC1CCN(C(=O)c2ccc(F)cc2)C1C(=O)O. The molecule has 0 aromatic heterocycles. The number of benzene rings is 1. The van der Waals surface area contributed by atoms with Gasteiger partial charge in [0.1, 0.15) is 11.9 Å². The second-order valence-electron chi connectivity index (χ2n) is 4.55. The number of nitrogens with zero attached hydrogens (tertiary/aromatic N) is 1. The minimum absolute atomic E-state index is 0.0631. The average Bonchev–Trinajstić information content (AvgIpc) is 2.71. The van der Waals surface area contributed by atoms with Crippen molar-refractivity contribution in [2.24, 2.45) is 5.92 Å². The molecule has 1 heterocycles. The lowest BCUT2D eigenvalue weighted by atomic mass is 10.0. The zero-order valence-corrected chi connectivity index (χ0v) is 9.97. The van der Waals surface area contributed by atoms with E-state index >= 15 is 0 Å². The lowest BCUT2D eigenvalue weighted by Crippen LogP contribution is -2.42. The van der Waals surface area contributed by atoms with Crippen molar-refractivity contribution in [3.05, 3.63) is 35.6 Å². The highest BCUT2D eigenvalue weighted by atomic mass is 19.1. The van der Waals surface area contributed by atoms with Crippen LogP contribution >= 0.6 is 0 Å². The Morgan fingerprint density at radius 3 is 2.50 bits per heavy atom. The zero-order chi connectivity index (χ0) is 13.3. The third kappa shape index (κ3) is 2.20. The van der Waals surface area contributed by atoms with Gasteiger partial charge in [-0.3, -0.25) is 4.79 Å². The molecule has 1 aromatic rings. The smallest absolute Gasteiger partial charge is 0.326 e. The van der Waals surface area contributed by atoms with Gasteiger partial charge >= 0.3 is 5.97 Å². The van der Waals surface area contributed by atoms with Crippen LogP contribution in [0, 0.1) is 11.7 Å². The summed E-state index contributed by atoms with van der Waals surface area (Å²) >= 11 is 0. The van der Waals surface area contributed by atoms with Crippen LogP contribution in [0.4, 0.5) is 4.39 Å². The number of carbonyl (C=O) groups is 2. The number of likely N-dealkylation sites (tertiary alicyclic amines) is 1. The quantitative estimate of drug-likeness (QED) is 0.871. The first kappa shape index (κ1) is 12.5. The maximum atomic E-state index is 12.8. The molecule has 4 nitrogen and oxygen atoms in total. The third-order valence-electron chi connectivity index (χ3n) is 3.31. The van der Waals surface area contributed by atoms with Gasteiger partial charge in [-0.05, 0) is 36.6 Å². The molecule has 18 heavy (non-hydrogen) atoms. The Balaban J connectivity index is 2.23. The van der Waals surface area contributed by atoms with Crippen molar-refractivity contribution >= 4 is 11.9 Å². The van der Waals surface area contributed by atoms with E-state index in [4.69, 9.17) is 5.11 Å². The fourth-order valence-corrected chi connectivity index (χ4v) is 2.31. The second-order valence-corrected chi connectivity index (χ2v) is 4.55. The van der Waals surface area contributed by atoms with E-state index in [2.05, 4.69) is 0 Å². The number of carbonyl (C=O) groups excluding carboxylic acids is 1. The molecule has 0 radical (unpaired) electrons. The van der Waals surface area contributed by atoms with Crippen LogP contribution in [0.1, 0.15) is 23.7 Å². The Kier molecular flexibility index (Phi) is 3.32. The molecule has 2 rings (SSSR count). The van der Waals surface area contributed by atoms with Crippen LogP contribution in [0.3, 0.4) is 0 Å². The summed E-state index contributed by atoms with van der Waals surface area (Å²) < 4.78 is 12.8. The molecule has 0 spiro atoms. The number of aliphatic carboxylic acids is 1. The van der Waals surface area contributed by atoms with Crippen LogP contribution in [0.5, 0.6) is 0 Å². The molecule has 0 saturated carbocycles. The van der Waals surface area contributed by atoms with Crippen LogP contribution in [-0.2, 0) is 4.79 Å². The van der Waals surface area contributed by atoms with Gasteiger partial charge in [-0.25, -0.2) is 9.18 Å². The summed E-state index contributed by atoms with van der Waals surface area (Å²) in [5.41, 5.74) is 0.316. The second kappa shape index (κ2) is 4.76.